The average molecular weight is 323 g/mol. The number of carbonyl (C=O) groups excluding carboxylic acids is 1. The molecule has 1 aromatic carbocycles. The summed E-state index contributed by atoms with van der Waals surface area (Å²) in [6, 6.07) is 2.96. The number of nitrogens with one attached hydrogen (secondary N) is 1. The summed E-state index contributed by atoms with van der Waals surface area (Å²) in [5.41, 5.74) is -0.721. The molecule has 8 heteroatoms. The van der Waals surface area contributed by atoms with Gasteiger partial charge in [-0.25, -0.2) is 0 Å². The summed E-state index contributed by atoms with van der Waals surface area (Å²) < 4.78 is 43.0. The molecule has 1 fully saturated rings. The number of carbonyl (C=O) groups is 1. The molecule has 0 radical (unpaired) electrons. The number of hydrogen-bond donors (Lipinski definition) is 1. The lowest BCUT2D eigenvalue weighted by Crippen LogP contribution is -2.43. The first-order valence-corrected chi connectivity index (χ1v) is 6.72. The Hall–Kier alpha value is -1.47. The van der Waals surface area contributed by atoms with Crippen molar-refractivity contribution in [3.05, 3.63) is 28.8 Å². The second kappa shape index (κ2) is 6.53. The Balaban J connectivity index is 2.00. The van der Waals surface area contributed by atoms with Crippen molar-refractivity contribution in [3.63, 3.8) is 0 Å². The van der Waals surface area contributed by atoms with Crippen LogP contribution in [0.5, 0.6) is 0 Å². The highest BCUT2D eigenvalue weighted by Crippen LogP contribution is 2.33. The number of ether oxygens (including phenoxy) is 1. The fourth-order valence-corrected chi connectivity index (χ4v) is 2.12. The van der Waals surface area contributed by atoms with Crippen LogP contribution in [0.4, 0.5) is 18.9 Å². The standard InChI is InChI=1S/C13H14ClF3N2O2/c14-10-2-1-9(13(15,16)17)7-11(10)18-8-12(20)19-3-5-21-6-4-19/h1-2,7,18H,3-6,8H2. The van der Waals surface area contributed by atoms with Gasteiger partial charge in [-0.05, 0) is 18.2 Å². The van der Waals surface area contributed by atoms with Crippen molar-refractivity contribution in [1.29, 1.82) is 0 Å². The maximum atomic E-state index is 12.6. The minimum atomic E-state index is -4.45. The molecule has 116 valence electrons. The SMILES string of the molecule is O=C(CNc1cc(C(F)(F)F)ccc1Cl)N1CCOCC1. The highest BCUT2D eigenvalue weighted by molar-refractivity contribution is 6.33. The van der Waals surface area contributed by atoms with Gasteiger partial charge in [0.05, 0.1) is 36.0 Å². The van der Waals surface area contributed by atoms with Crippen molar-refractivity contribution in [3.8, 4) is 0 Å². The molecule has 1 N–H and O–H groups in total. The van der Waals surface area contributed by atoms with Gasteiger partial charge in [0.2, 0.25) is 5.91 Å². The summed E-state index contributed by atoms with van der Waals surface area (Å²) in [7, 11) is 0. The van der Waals surface area contributed by atoms with E-state index in [0.29, 0.717) is 26.3 Å². The molecular formula is C13H14ClF3N2O2. The van der Waals surface area contributed by atoms with Crippen LogP contribution in [0.2, 0.25) is 5.02 Å². The Labute approximate surface area is 124 Å². The highest BCUT2D eigenvalue weighted by atomic mass is 35.5. The third-order valence-electron chi connectivity index (χ3n) is 3.09. The van der Waals surface area contributed by atoms with Crippen molar-refractivity contribution in [2.24, 2.45) is 0 Å². The maximum absolute atomic E-state index is 12.6. The van der Waals surface area contributed by atoms with E-state index in [9.17, 15) is 18.0 Å². The molecule has 1 saturated heterocycles. The fourth-order valence-electron chi connectivity index (χ4n) is 1.93. The van der Waals surface area contributed by atoms with Gasteiger partial charge in [0.15, 0.2) is 0 Å². The number of hydrogen-bond acceptors (Lipinski definition) is 3. The number of benzene rings is 1. The summed E-state index contributed by atoms with van der Waals surface area (Å²) in [6.45, 7) is 1.79. The van der Waals surface area contributed by atoms with E-state index in [-0.39, 0.29) is 23.2 Å². The number of morpholine rings is 1. The Morgan fingerprint density at radius 3 is 2.62 bits per heavy atom. The Morgan fingerprint density at radius 1 is 1.33 bits per heavy atom. The lowest BCUT2D eigenvalue weighted by Gasteiger charge is -2.27. The van der Waals surface area contributed by atoms with Crippen molar-refractivity contribution in [2.75, 3.05) is 38.2 Å². The monoisotopic (exact) mass is 322 g/mol. The van der Waals surface area contributed by atoms with Crippen LogP contribution >= 0.6 is 11.6 Å². The van der Waals surface area contributed by atoms with Gasteiger partial charge in [-0.2, -0.15) is 13.2 Å². The van der Waals surface area contributed by atoms with E-state index >= 15 is 0 Å². The zero-order valence-corrected chi connectivity index (χ0v) is 11.8. The predicted octanol–water partition coefficient (Wildman–Crippen LogP) is 2.63. The smallest absolute Gasteiger partial charge is 0.378 e. The highest BCUT2D eigenvalue weighted by Gasteiger charge is 2.31. The summed E-state index contributed by atoms with van der Waals surface area (Å²) in [5, 5.41) is 2.80. The van der Waals surface area contributed by atoms with Crippen LogP contribution < -0.4 is 5.32 Å². The number of anilines is 1. The van der Waals surface area contributed by atoms with E-state index in [1.54, 1.807) is 4.90 Å². The van der Waals surface area contributed by atoms with E-state index in [1.807, 2.05) is 0 Å². The molecular weight excluding hydrogens is 309 g/mol. The molecule has 0 unspecified atom stereocenters. The first-order chi connectivity index (χ1) is 9.88. The summed E-state index contributed by atoms with van der Waals surface area (Å²) in [5.74, 6) is -0.202. The van der Waals surface area contributed by atoms with E-state index in [4.69, 9.17) is 16.3 Å². The van der Waals surface area contributed by atoms with E-state index < -0.39 is 11.7 Å². The molecule has 0 aliphatic carbocycles. The molecule has 0 spiro atoms. The summed E-state index contributed by atoms with van der Waals surface area (Å²) >= 11 is 5.84. The zero-order chi connectivity index (χ0) is 15.5. The van der Waals surface area contributed by atoms with Crippen LogP contribution in [0.15, 0.2) is 18.2 Å². The van der Waals surface area contributed by atoms with Crippen LogP contribution in [-0.4, -0.2) is 43.7 Å². The van der Waals surface area contributed by atoms with Crippen molar-refractivity contribution in [1.82, 2.24) is 4.90 Å². The fraction of sp³-hybridized carbons (Fsp3) is 0.462. The number of alkyl halides is 3. The number of rotatable bonds is 3. The first kappa shape index (κ1) is 15.9. The van der Waals surface area contributed by atoms with Crippen molar-refractivity contribution < 1.29 is 22.7 Å². The molecule has 1 amide bonds. The molecule has 2 rings (SSSR count). The van der Waals surface area contributed by atoms with Gasteiger partial charge in [0.1, 0.15) is 0 Å². The Bertz CT molecular complexity index is 517. The Kier molecular flexibility index (Phi) is 4.95. The van der Waals surface area contributed by atoms with Gasteiger partial charge < -0.3 is 15.0 Å². The quantitative estimate of drug-likeness (QED) is 0.930. The van der Waals surface area contributed by atoms with Crippen LogP contribution in [0.25, 0.3) is 0 Å². The first-order valence-electron chi connectivity index (χ1n) is 6.34. The normalized spacial score (nSPS) is 15.9. The number of amides is 1. The zero-order valence-electron chi connectivity index (χ0n) is 11.0. The molecule has 1 heterocycles. The lowest BCUT2D eigenvalue weighted by atomic mass is 10.2. The van der Waals surface area contributed by atoms with Crippen LogP contribution in [-0.2, 0) is 15.7 Å². The topological polar surface area (TPSA) is 41.6 Å². The minimum Gasteiger partial charge on any atom is -0.378 e. The molecule has 0 atom stereocenters. The minimum absolute atomic E-state index is 0.0908. The molecule has 0 saturated carbocycles. The molecule has 1 aliphatic rings. The van der Waals surface area contributed by atoms with Gasteiger partial charge in [0, 0.05) is 13.1 Å². The van der Waals surface area contributed by atoms with E-state index in [2.05, 4.69) is 5.32 Å². The largest absolute Gasteiger partial charge is 0.416 e. The van der Waals surface area contributed by atoms with Gasteiger partial charge >= 0.3 is 6.18 Å². The van der Waals surface area contributed by atoms with Gasteiger partial charge in [0.25, 0.3) is 0 Å². The average Bonchev–Trinajstić information content (AvgIpc) is 2.45. The van der Waals surface area contributed by atoms with Crippen LogP contribution in [0, 0.1) is 0 Å². The Morgan fingerprint density at radius 2 is 2.00 bits per heavy atom. The molecule has 0 bridgehead atoms. The maximum Gasteiger partial charge on any atom is 0.416 e. The second-order valence-corrected chi connectivity index (χ2v) is 4.95. The second-order valence-electron chi connectivity index (χ2n) is 4.54. The summed E-state index contributed by atoms with van der Waals surface area (Å²) in [6.07, 6.45) is -4.45. The molecule has 0 aromatic heterocycles. The van der Waals surface area contributed by atoms with Crippen LogP contribution in [0.1, 0.15) is 5.56 Å². The molecule has 1 aliphatic heterocycles. The van der Waals surface area contributed by atoms with Gasteiger partial charge in [-0.1, -0.05) is 11.6 Å². The number of halogens is 4. The van der Waals surface area contributed by atoms with Crippen LogP contribution in [0.3, 0.4) is 0 Å². The molecule has 1 aromatic rings. The third kappa shape index (κ3) is 4.25. The van der Waals surface area contributed by atoms with Gasteiger partial charge in [-0.15, -0.1) is 0 Å². The number of nitrogens with zero attached hydrogens (tertiary/aromatic N) is 1. The third-order valence-corrected chi connectivity index (χ3v) is 3.42. The lowest BCUT2D eigenvalue weighted by molar-refractivity contribution is -0.137. The predicted molar refractivity (Wildman–Crippen MR) is 72.3 cm³/mol. The molecule has 21 heavy (non-hydrogen) atoms. The van der Waals surface area contributed by atoms with Crippen molar-refractivity contribution in [2.45, 2.75) is 6.18 Å². The molecule has 4 nitrogen and oxygen atoms in total. The summed E-state index contributed by atoms with van der Waals surface area (Å²) in [4.78, 5) is 13.5. The van der Waals surface area contributed by atoms with Crippen molar-refractivity contribution >= 4 is 23.2 Å². The van der Waals surface area contributed by atoms with E-state index in [0.717, 1.165) is 18.2 Å². The van der Waals surface area contributed by atoms with Gasteiger partial charge in [-0.3, -0.25) is 4.79 Å². The van der Waals surface area contributed by atoms with E-state index in [1.165, 1.54) is 0 Å².